The fourth-order valence-corrected chi connectivity index (χ4v) is 3.53. The number of carbonyl (C=O) groups excluding carboxylic acids is 1. The smallest absolute Gasteiger partial charge is 0.255 e. The Morgan fingerprint density at radius 3 is 2.42 bits per heavy atom. The first-order chi connectivity index (χ1) is 15.0. The molecule has 0 aliphatic carbocycles. The zero-order chi connectivity index (χ0) is 21.8. The number of para-hydroxylation sites is 1. The number of ether oxygens (including phenoxy) is 1. The summed E-state index contributed by atoms with van der Waals surface area (Å²) in [5.41, 5.74) is 5.37. The van der Waals surface area contributed by atoms with E-state index in [1.807, 2.05) is 67.1 Å². The van der Waals surface area contributed by atoms with E-state index < -0.39 is 0 Å². The molecule has 0 radical (unpaired) electrons. The third-order valence-electron chi connectivity index (χ3n) is 5.11. The number of hydrogen-bond donors (Lipinski definition) is 1. The average molecular weight is 412 g/mol. The Bertz CT molecular complexity index is 1210. The Kier molecular flexibility index (Phi) is 5.85. The van der Waals surface area contributed by atoms with Crippen LogP contribution in [-0.2, 0) is 6.54 Å². The molecule has 0 saturated carbocycles. The van der Waals surface area contributed by atoms with E-state index in [2.05, 4.69) is 35.5 Å². The van der Waals surface area contributed by atoms with E-state index in [-0.39, 0.29) is 5.91 Å². The van der Waals surface area contributed by atoms with Crippen LogP contribution >= 0.6 is 0 Å². The van der Waals surface area contributed by atoms with Crippen molar-refractivity contribution < 1.29 is 9.53 Å². The molecule has 4 aromatic rings. The first-order valence-electron chi connectivity index (χ1n) is 10.2. The molecule has 1 aromatic heterocycles. The maximum absolute atomic E-state index is 12.9. The van der Waals surface area contributed by atoms with E-state index in [1.54, 1.807) is 12.1 Å². The van der Waals surface area contributed by atoms with Gasteiger partial charge < -0.3 is 10.1 Å². The fraction of sp³-hybridized carbons (Fsp3) is 0.154. The Labute approximate surface area is 182 Å². The number of nitrogens with one attached hydrogen (secondary N) is 1. The van der Waals surface area contributed by atoms with Crippen LogP contribution in [0.3, 0.4) is 0 Å². The predicted octanol–water partition coefficient (Wildman–Crippen LogP) is 5.90. The van der Waals surface area contributed by atoms with Gasteiger partial charge in [-0.3, -0.25) is 9.48 Å². The summed E-state index contributed by atoms with van der Waals surface area (Å²) in [5.74, 6) is 1.14. The van der Waals surface area contributed by atoms with Gasteiger partial charge in [0.25, 0.3) is 5.91 Å². The van der Waals surface area contributed by atoms with Crippen LogP contribution in [0.25, 0.3) is 0 Å². The van der Waals surface area contributed by atoms with Crippen molar-refractivity contribution in [2.24, 2.45) is 0 Å². The normalized spacial score (nSPS) is 10.7. The summed E-state index contributed by atoms with van der Waals surface area (Å²) in [4.78, 5) is 12.9. The third kappa shape index (κ3) is 4.83. The fourth-order valence-electron chi connectivity index (χ4n) is 3.53. The highest BCUT2D eigenvalue weighted by Gasteiger charge is 2.16. The Morgan fingerprint density at radius 2 is 1.65 bits per heavy atom. The van der Waals surface area contributed by atoms with Crippen molar-refractivity contribution in [3.8, 4) is 11.5 Å². The van der Waals surface area contributed by atoms with E-state index in [9.17, 15) is 4.79 Å². The van der Waals surface area contributed by atoms with Gasteiger partial charge in [0, 0.05) is 5.56 Å². The van der Waals surface area contributed by atoms with Crippen LogP contribution in [-0.4, -0.2) is 15.7 Å². The second-order valence-corrected chi connectivity index (χ2v) is 7.59. The van der Waals surface area contributed by atoms with E-state index in [4.69, 9.17) is 4.74 Å². The zero-order valence-corrected chi connectivity index (χ0v) is 17.9. The number of benzene rings is 3. The summed E-state index contributed by atoms with van der Waals surface area (Å²) in [5, 5.41) is 7.66. The van der Waals surface area contributed by atoms with Crippen LogP contribution in [0, 0.1) is 20.8 Å². The van der Waals surface area contributed by atoms with Crippen molar-refractivity contribution in [3.63, 3.8) is 0 Å². The van der Waals surface area contributed by atoms with Crippen molar-refractivity contribution in [1.29, 1.82) is 0 Å². The largest absolute Gasteiger partial charge is 0.457 e. The quantitative estimate of drug-likeness (QED) is 0.430. The number of hydrogen-bond acceptors (Lipinski definition) is 3. The number of anilines is 1. The number of amides is 1. The van der Waals surface area contributed by atoms with Crippen molar-refractivity contribution in [1.82, 2.24) is 9.78 Å². The highest BCUT2D eigenvalue weighted by Crippen LogP contribution is 2.24. The molecule has 0 aliphatic rings. The molecule has 0 unspecified atom stereocenters. The summed E-state index contributed by atoms with van der Waals surface area (Å²) in [6.07, 6.45) is 0. The lowest BCUT2D eigenvalue weighted by Gasteiger charge is -2.09. The molecule has 0 fully saturated rings. The lowest BCUT2D eigenvalue weighted by atomic mass is 10.1. The van der Waals surface area contributed by atoms with Crippen LogP contribution < -0.4 is 10.1 Å². The maximum atomic E-state index is 12.9. The van der Waals surface area contributed by atoms with Crippen LogP contribution in [0.15, 0.2) is 78.9 Å². The van der Waals surface area contributed by atoms with Gasteiger partial charge in [0.1, 0.15) is 11.5 Å². The van der Waals surface area contributed by atoms with Crippen molar-refractivity contribution in [2.45, 2.75) is 27.3 Å². The molecule has 31 heavy (non-hydrogen) atoms. The standard InChI is InChI=1S/C26H25N3O2/c1-18-9-7-10-21(15-18)17-29-20(3)25(19(2)28-29)27-26(30)22-11-8-14-24(16-22)31-23-12-5-4-6-13-23/h4-16H,17H2,1-3H3,(H,27,30). The van der Waals surface area contributed by atoms with Crippen LogP contribution in [0.5, 0.6) is 11.5 Å². The number of rotatable bonds is 6. The van der Waals surface area contributed by atoms with Gasteiger partial charge in [-0.05, 0) is 56.7 Å². The third-order valence-corrected chi connectivity index (χ3v) is 5.11. The van der Waals surface area contributed by atoms with Crippen LogP contribution in [0.4, 0.5) is 5.69 Å². The molecule has 1 heterocycles. The van der Waals surface area contributed by atoms with Crippen LogP contribution in [0.1, 0.15) is 32.9 Å². The SMILES string of the molecule is Cc1cccc(Cn2nc(C)c(NC(=O)c3cccc(Oc4ccccc4)c3)c2C)c1. The van der Waals surface area contributed by atoms with Gasteiger partial charge >= 0.3 is 0 Å². The van der Waals surface area contributed by atoms with Gasteiger partial charge in [-0.1, -0.05) is 54.1 Å². The molecule has 0 bridgehead atoms. The average Bonchev–Trinajstić information content (AvgIpc) is 3.02. The molecule has 5 nitrogen and oxygen atoms in total. The minimum Gasteiger partial charge on any atom is -0.457 e. The minimum atomic E-state index is -0.195. The Balaban J connectivity index is 1.51. The Morgan fingerprint density at radius 1 is 0.903 bits per heavy atom. The molecule has 0 atom stereocenters. The van der Waals surface area contributed by atoms with Gasteiger partial charge in [0.15, 0.2) is 0 Å². The van der Waals surface area contributed by atoms with Crippen LogP contribution in [0.2, 0.25) is 0 Å². The van der Waals surface area contributed by atoms with Crippen molar-refractivity contribution in [3.05, 3.63) is 107 Å². The highest BCUT2D eigenvalue weighted by molar-refractivity contribution is 6.05. The summed E-state index contributed by atoms with van der Waals surface area (Å²) in [6.45, 7) is 6.61. The molecule has 1 N–H and O–H groups in total. The van der Waals surface area contributed by atoms with E-state index >= 15 is 0 Å². The highest BCUT2D eigenvalue weighted by atomic mass is 16.5. The van der Waals surface area contributed by atoms with Gasteiger partial charge in [0.2, 0.25) is 0 Å². The Hall–Kier alpha value is -3.86. The molecule has 0 saturated heterocycles. The van der Waals surface area contributed by atoms with Crippen molar-refractivity contribution >= 4 is 11.6 Å². The molecular formula is C26H25N3O2. The number of aromatic nitrogens is 2. The maximum Gasteiger partial charge on any atom is 0.255 e. The minimum absolute atomic E-state index is 0.195. The molecule has 5 heteroatoms. The molecule has 4 rings (SSSR count). The van der Waals surface area contributed by atoms with E-state index in [0.29, 0.717) is 17.9 Å². The second-order valence-electron chi connectivity index (χ2n) is 7.59. The molecule has 1 amide bonds. The first-order valence-corrected chi connectivity index (χ1v) is 10.2. The first kappa shape index (κ1) is 20.4. The predicted molar refractivity (Wildman–Crippen MR) is 123 cm³/mol. The van der Waals surface area contributed by atoms with Gasteiger partial charge in [-0.15, -0.1) is 0 Å². The summed E-state index contributed by atoms with van der Waals surface area (Å²) in [7, 11) is 0. The topological polar surface area (TPSA) is 56.2 Å². The number of carbonyl (C=O) groups is 1. The van der Waals surface area contributed by atoms with Gasteiger partial charge in [0.05, 0.1) is 23.6 Å². The molecule has 0 spiro atoms. The second kappa shape index (κ2) is 8.88. The molecular weight excluding hydrogens is 386 g/mol. The lowest BCUT2D eigenvalue weighted by molar-refractivity contribution is 0.102. The van der Waals surface area contributed by atoms with Gasteiger partial charge in [-0.2, -0.15) is 5.10 Å². The molecule has 156 valence electrons. The lowest BCUT2D eigenvalue weighted by Crippen LogP contribution is -2.13. The monoisotopic (exact) mass is 411 g/mol. The molecule has 3 aromatic carbocycles. The van der Waals surface area contributed by atoms with Gasteiger partial charge in [-0.25, -0.2) is 0 Å². The number of aryl methyl sites for hydroxylation is 2. The number of nitrogens with zero attached hydrogens (tertiary/aromatic N) is 2. The summed E-state index contributed by atoms with van der Waals surface area (Å²) >= 11 is 0. The van der Waals surface area contributed by atoms with E-state index in [0.717, 1.165) is 22.8 Å². The molecule has 0 aliphatic heterocycles. The van der Waals surface area contributed by atoms with Crippen molar-refractivity contribution in [2.75, 3.05) is 5.32 Å². The summed E-state index contributed by atoms with van der Waals surface area (Å²) < 4.78 is 7.78. The van der Waals surface area contributed by atoms with E-state index in [1.165, 1.54) is 11.1 Å². The zero-order valence-electron chi connectivity index (χ0n) is 17.9. The summed E-state index contributed by atoms with van der Waals surface area (Å²) in [6, 6.07) is 25.0.